The summed E-state index contributed by atoms with van der Waals surface area (Å²) in [5, 5.41) is 0. The molecule has 140 valence electrons. The molecule has 0 saturated carbocycles. The van der Waals surface area contributed by atoms with E-state index in [0.29, 0.717) is 13.1 Å². The van der Waals surface area contributed by atoms with Crippen LogP contribution in [0.15, 0.2) is 54.6 Å². The highest BCUT2D eigenvalue weighted by Gasteiger charge is 2.26. The number of nitrogens with zero attached hydrogens (tertiary/aromatic N) is 2. The van der Waals surface area contributed by atoms with Crippen LogP contribution < -0.4 is 0 Å². The lowest BCUT2D eigenvalue weighted by Gasteiger charge is -2.34. The number of hydrogen-bond acceptors (Lipinski definition) is 3. The Kier molecular flexibility index (Phi) is 6.40. The minimum Gasteiger partial charge on any atom is -0.301 e. The molecular formula is C20H25FN2O2S. The van der Waals surface area contributed by atoms with Crippen molar-refractivity contribution in [3.8, 4) is 0 Å². The van der Waals surface area contributed by atoms with Crippen LogP contribution in [-0.4, -0.2) is 50.3 Å². The molecule has 1 aliphatic heterocycles. The molecule has 1 saturated heterocycles. The lowest BCUT2D eigenvalue weighted by molar-refractivity contribution is 0.186. The van der Waals surface area contributed by atoms with Crippen LogP contribution in [0.5, 0.6) is 0 Å². The van der Waals surface area contributed by atoms with Gasteiger partial charge in [0.05, 0.1) is 5.75 Å². The molecule has 0 atom stereocenters. The maximum absolute atomic E-state index is 12.9. The van der Waals surface area contributed by atoms with Crippen LogP contribution in [0, 0.1) is 5.82 Å². The van der Waals surface area contributed by atoms with Crippen molar-refractivity contribution in [1.82, 2.24) is 9.21 Å². The maximum Gasteiger partial charge on any atom is 0.218 e. The summed E-state index contributed by atoms with van der Waals surface area (Å²) in [7, 11) is -3.26. The minimum atomic E-state index is -3.26. The molecule has 6 heteroatoms. The van der Waals surface area contributed by atoms with Crippen molar-refractivity contribution in [2.45, 2.75) is 18.6 Å². The molecule has 0 amide bonds. The molecule has 2 aromatic rings. The Bertz CT molecular complexity index is 786. The fraction of sp³-hybridized carbons (Fsp3) is 0.400. The standard InChI is InChI=1S/C20H25FN2O2S/c21-20-10-8-18(9-11-20)7-4-12-22-13-15-23(16-14-22)26(24,25)17-19-5-2-1-3-6-19/h1-3,5-6,8-11H,4,7,12-17H2. The van der Waals surface area contributed by atoms with Gasteiger partial charge in [0.2, 0.25) is 10.0 Å². The Hall–Kier alpha value is -1.76. The van der Waals surface area contributed by atoms with Gasteiger partial charge in [-0.15, -0.1) is 0 Å². The van der Waals surface area contributed by atoms with E-state index < -0.39 is 10.0 Å². The van der Waals surface area contributed by atoms with Crippen LogP contribution in [0.25, 0.3) is 0 Å². The van der Waals surface area contributed by atoms with Gasteiger partial charge in [0.15, 0.2) is 0 Å². The van der Waals surface area contributed by atoms with Crippen molar-refractivity contribution in [2.75, 3.05) is 32.7 Å². The number of sulfonamides is 1. The number of halogens is 1. The summed E-state index contributed by atoms with van der Waals surface area (Å²) < 4.78 is 39.6. The van der Waals surface area contributed by atoms with E-state index in [2.05, 4.69) is 4.90 Å². The first-order valence-electron chi connectivity index (χ1n) is 9.01. The van der Waals surface area contributed by atoms with Crippen molar-refractivity contribution in [1.29, 1.82) is 0 Å². The Balaban J connectivity index is 1.43. The molecule has 0 aromatic heterocycles. The number of aryl methyl sites for hydroxylation is 1. The van der Waals surface area contributed by atoms with Crippen molar-refractivity contribution < 1.29 is 12.8 Å². The normalized spacial score (nSPS) is 16.7. The van der Waals surface area contributed by atoms with E-state index in [0.717, 1.165) is 43.6 Å². The molecule has 1 aliphatic rings. The van der Waals surface area contributed by atoms with Gasteiger partial charge in [-0.05, 0) is 42.6 Å². The Morgan fingerprint density at radius 3 is 2.15 bits per heavy atom. The summed E-state index contributed by atoms with van der Waals surface area (Å²) in [6, 6.07) is 15.9. The largest absolute Gasteiger partial charge is 0.301 e. The molecule has 26 heavy (non-hydrogen) atoms. The van der Waals surface area contributed by atoms with E-state index in [1.807, 2.05) is 42.5 Å². The van der Waals surface area contributed by atoms with Gasteiger partial charge >= 0.3 is 0 Å². The topological polar surface area (TPSA) is 40.6 Å². The van der Waals surface area contributed by atoms with Crippen LogP contribution >= 0.6 is 0 Å². The molecule has 1 fully saturated rings. The van der Waals surface area contributed by atoms with Gasteiger partial charge in [-0.2, -0.15) is 4.31 Å². The monoisotopic (exact) mass is 376 g/mol. The summed E-state index contributed by atoms with van der Waals surface area (Å²) in [6.45, 7) is 3.55. The second-order valence-corrected chi connectivity index (χ2v) is 8.68. The summed E-state index contributed by atoms with van der Waals surface area (Å²) in [5.41, 5.74) is 1.96. The third-order valence-electron chi connectivity index (χ3n) is 4.77. The fourth-order valence-electron chi connectivity index (χ4n) is 3.27. The van der Waals surface area contributed by atoms with Crippen LogP contribution in [-0.2, 0) is 22.2 Å². The highest BCUT2D eigenvalue weighted by atomic mass is 32.2. The maximum atomic E-state index is 12.9. The second-order valence-electron chi connectivity index (χ2n) is 6.71. The predicted molar refractivity (Wildman–Crippen MR) is 102 cm³/mol. The number of piperazine rings is 1. The minimum absolute atomic E-state index is 0.0679. The van der Waals surface area contributed by atoms with Crippen molar-refractivity contribution in [2.24, 2.45) is 0 Å². The van der Waals surface area contributed by atoms with Gasteiger partial charge in [-0.1, -0.05) is 42.5 Å². The van der Waals surface area contributed by atoms with Crippen molar-refractivity contribution in [3.63, 3.8) is 0 Å². The molecule has 0 unspecified atom stereocenters. The first-order chi connectivity index (χ1) is 12.5. The zero-order chi connectivity index (χ0) is 18.4. The first-order valence-corrected chi connectivity index (χ1v) is 10.6. The molecule has 2 aromatic carbocycles. The Morgan fingerprint density at radius 1 is 0.846 bits per heavy atom. The average Bonchev–Trinajstić information content (AvgIpc) is 2.64. The van der Waals surface area contributed by atoms with E-state index in [9.17, 15) is 12.8 Å². The molecule has 0 N–H and O–H groups in total. The first kappa shape index (κ1) is 19.0. The highest BCUT2D eigenvalue weighted by molar-refractivity contribution is 7.88. The molecule has 0 bridgehead atoms. The van der Waals surface area contributed by atoms with Gasteiger partial charge in [-0.25, -0.2) is 12.8 Å². The van der Waals surface area contributed by atoms with Crippen LogP contribution in [0.3, 0.4) is 0 Å². The summed E-state index contributed by atoms with van der Waals surface area (Å²) in [4.78, 5) is 2.30. The summed E-state index contributed by atoms with van der Waals surface area (Å²) in [5.74, 6) is -0.139. The van der Waals surface area contributed by atoms with Gasteiger partial charge in [0.1, 0.15) is 5.82 Å². The van der Waals surface area contributed by atoms with Crippen molar-refractivity contribution >= 4 is 10.0 Å². The van der Waals surface area contributed by atoms with Gasteiger partial charge < -0.3 is 4.90 Å². The van der Waals surface area contributed by atoms with E-state index >= 15 is 0 Å². The molecule has 0 spiro atoms. The molecule has 0 aliphatic carbocycles. The fourth-order valence-corrected chi connectivity index (χ4v) is 4.78. The van der Waals surface area contributed by atoms with Crippen LogP contribution in [0.2, 0.25) is 0 Å². The SMILES string of the molecule is O=S(=O)(Cc1ccccc1)N1CCN(CCCc2ccc(F)cc2)CC1. The predicted octanol–water partition coefficient (Wildman–Crippen LogP) is 2.91. The van der Waals surface area contributed by atoms with Gasteiger partial charge in [-0.3, -0.25) is 0 Å². The number of hydrogen-bond donors (Lipinski definition) is 0. The average molecular weight is 376 g/mol. The Morgan fingerprint density at radius 2 is 1.50 bits per heavy atom. The molecule has 0 radical (unpaired) electrons. The number of rotatable bonds is 7. The molecule has 3 rings (SSSR count). The lowest BCUT2D eigenvalue weighted by atomic mass is 10.1. The quantitative estimate of drug-likeness (QED) is 0.746. The summed E-state index contributed by atoms with van der Waals surface area (Å²) in [6.07, 6.45) is 1.90. The molecular weight excluding hydrogens is 351 g/mol. The van der Waals surface area contributed by atoms with E-state index in [1.54, 1.807) is 4.31 Å². The molecule has 4 nitrogen and oxygen atoms in total. The zero-order valence-corrected chi connectivity index (χ0v) is 15.7. The second kappa shape index (κ2) is 8.75. The molecule has 1 heterocycles. The highest BCUT2D eigenvalue weighted by Crippen LogP contribution is 2.14. The third-order valence-corrected chi connectivity index (χ3v) is 6.62. The third kappa shape index (κ3) is 5.37. The van der Waals surface area contributed by atoms with E-state index in [1.165, 1.54) is 12.1 Å². The Labute approximate surface area is 155 Å². The van der Waals surface area contributed by atoms with Crippen LogP contribution in [0.4, 0.5) is 4.39 Å². The van der Waals surface area contributed by atoms with Gasteiger partial charge in [0.25, 0.3) is 0 Å². The van der Waals surface area contributed by atoms with Gasteiger partial charge in [0, 0.05) is 26.2 Å². The smallest absolute Gasteiger partial charge is 0.218 e. The van der Waals surface area contributed by atoms with Crippen LogP contribution in [0.1, 0.15) is 17.5 Å². The van der Waals surface area contributed by atoms with Crippen molar-refractivity contribution in [3.05, 3.63) is 71.5 Å². The summed E-state index contributed by atoms with van der Waals surface area (Å²) >= 11 is 0. The lowest BCUT2D eigenvalue weighted by Crippen LogP contribution is -2.49. The van der Waals surface area contributed by atoms with E-state index in [4.69, 9.17) is 0 Å². The number of benzene rings is 2. The zero-order valence-electron chi connectivity index (χ0n) is 14.9. The van der Waals surface area contributed by atoms with E-state index in [-0.39, 0.29) is 11.6 Å².